The third kappa shape index (κ3) is 3.06. The maximum atomic E-state index is 12.0. The van der Waals surface area contributed by atoms with E-state index in [4.69, 9.17) is 0 Å². The molecule has 0 amide bonds. The summed E-state index contributed by atoms with van der Waals surface area (Å²) in [5, 5.41) is 7.01. The first-order valence-electron chi connectivity index (χ1n) is 6.41. The molecule has 0 aromatic carbocycles. The van der Waals surface area contributed by atoms with Crippen LogP contribution in [-0.4, -0.2) is 30.7 Å². The molecule has 19 heavy (non-hydrogen) atoms. The molecule has 0 saturated heterocycles. The average Bonchev–Trinajstić information content (AvgIpc) is 2.70. The fourth-order valence-corrected chi connectivity index (χ4v) is 3.22. The number of aromatic nitrogens is 2. The summed E-state index contributed by atoms with van der Waals surface area (Å²) >= 11 is 0. The number of sulfonamides is 1. The van der Waals surface area contributed by atoms with Gasteiger partial charge < -0.3 is 5.32 Å². The first-order chi connectivity index (χ1) is 9.04. The van der Waals surface area contributed by atoms with Crippen LogP contribution in [0.25, 0.3) is 0 Å². The summed E-state index contributed by atoms with van der Waals surface area (Å²) in [5.41, 5.74) is 0.466. The molecule has 2 heterocycles. The third-order valence-corrected chi connectivity index (χ3v) is 4.36. The van der Waals surface area contributed by atoms with Gasteiger partial charge >= 0.3 is 0 Å². The molecule has 2 rings (SSSR count). The van der Waals surface area contributed by atoms with E-state index in [0.717, 1.165) is 12.8 Å². The topological polar surface area (TPSA) is 88.4 Å². The van der Waals surface area contributed by atoms with Crippen molar-refractivity contribution in [2.45, 2.75) is 37.6 Å². The molecular weight excluding hydrogens is 266 g/mol. The van der Waals surface area contributed by atoms with Crippen molar-refractivity contribution in [2.24, 2.45) is 12.0 Å². The molecule has 1 aliphatic heterocycles. The summed E-state index contributed by atoms with van der Waals surface area (Å²) in [6, 6.07) is 0. The molecule has 0 saturated carbocycles. The van der Waals surface area contributed by atoms with Crippen molar-refractivity contribution in [3.05, 3.63) is 6.20 Å². The highest BCUT2D eigenvalue weighted by Gasteiger charge is 2.30. The van der Waals surface area contributed by atoms with Gasteiger partial charge in [-0.05, 0) is 6.42 Å². The first-order valence-corrected chi connectivity index (χ1v) is 7.89. The van der Waals surface area contributed by atoms with Crippen molar-refractivity contribution in [3.63, 3.8) is 0 Å². The Bertz CT molecular complexity index is 576. The maximum Gasteiger partial charge on any atom is 0.283 e. The van der Waals surface area contributed by atoms with Gasteiger partial charge in [-0.2, -0.15) is 13.5 Å². The molecule has 1 aromatic heterocycles. The van der Waals surface area contributed by atoms with Crippen molar-refractivity contribution >= 4 is 21.7 Å². The number of hydrogen-bond donors (Lipinski definition) is 2. The van der Waals surface area contributed by atoms with Crippen LogP contribution in [-0.2, 0) is 17.1 Å². The fourth-order valence-electron chi connectivity index (χ4n) is 1.96. The Morgan fingerprint density at radius 1 is 1.37 bits per heavy atom. The lowest BCUT2D eigenvalue weighted by atomic mass is 10.2. The fraction of sp³-hybridized carbons (Fsp3) is 0.636. The van der Waals surface area contributed by atoms with E-state index in [2.05, 4.69) is 27.1 Å². The highest BCUT2D eigenvalue weighted by molar-refractivity contribution is 7.90. The van der Waals surface area contributed by atoms with Gasteiger partial charge in [-0.1, -0.05) is 26.2 Å². The van der Waals surface area contributed by atoms with Gasteiger partial charge in [0, 0.05) is 13.6 Å². The highest BCUT2D eigenvalue weighted by Crippen LogP contribution is 2.23. The molecule has 1 aromatic rings. The summed E-state index contributed by atoms with van der Waals surface area (Å²) in [6.45, 7) is 2.76. The summed E-state index contributed by atoms with van der Waals surface area (Å²) in [7, 11) is -1.98. The summed E-state index contributed by atoms with van der Waals surface area (Å²) in [5.74, 6) is 0.275. The van der Waals surface area contributed by atoms with Gasteiger partial charge in [0.2, 0.25) is 5.96 Å². The minimum atomic E-state index is -3.57. The van der Waals surface area contributed by atoms with E-state index in [9.17, 15) is 8.42 Å². The monoisotopic (exact) mass is 285 g/mol. The minimum Gasteiger partial charge on any atom is -0.322 e. The SMILES string of the molecule is CCCCCCN=C1Nc2cnn(C)c2S(=O)(=O)N1. The van der Waals surface area contributed by atoms with Gasteiger partial charge in [-0.3, -0.25) is 9.67 Å². The number of aliphatic imine (C=N–C) groups is 1. The molecule has 0 unspecified atom stereocenters. The zero-order chi connectivity index (χ0) is 13.9. The van der Waals surface area contributed by atoms with Gasteiger partial charge in [0.05, 0.1) is 6.20 Å². The molecular formula is C11H19N5O2S. The minimum absolute atomic E-state index is 0.137. The lowest BCUT2D eigenvalue weighted by Gasteiger charge is -2.18. The number of nitrogens with zero attached hydrogens (tertiary/aromatic N) is 3. The third-order valence-electron chi connectivity index (χ3n) is 2.90. The Hall–Kier alpha value is -1.57. The van der Waals surface area contributed by atoms with Crippen molar-refractivity contribution in [3.8, 4) is 0 Å². The van der Waals surface area contributed by atoms with Crippen molar-refractivity contribution in [2.75, 3.05) is 11.9 Å². The second kappa shape index (κ2) is 5.60. The summed E-state index contributed by atoms with van der Waals surface area (Å²) in [4.78, 5) is 4.24. The number of hydrogen-bond acceptors (Lipinski definition) is 4. The lowest BCUT2D eigenvalue weighted by molar-refractivity contribution is 0.572. The van der Waals surface area contributed by atoms with Crippen LogP contribution in [0, 0.1) is 0 Å². The Balaban J connectivity index is 2.06. The largest absolute Gasteiger partial charge is 0.322 e. The van der Waals surface area contributed by atoms with Crippen molar-refractivity contribution in [1.29, 1.82) is 0 Å². The van der Waals surface area contributed by atoms with Crippen LogP contribution in [0.1, 0.15) is 32.6 Å². The first kappa shape index (κ1) is 13.9. The molecule has 0 bridgehead atoms. The number of fused-ring (bicyclic) bond motifs is 1. The van der Waals surface area contributed by atoms with E-state index in [1.807, 2.05) is 0 Å². The van der Waals surface area contributed by atoms with Crippen molar-refractivity contribution < 1.29 is 8.42 Å². The predicted molar refractivity (Wildman–Crippen MR) is 73.6 cm³/mol. The average molecular weight is 285 g/mol. The normalized spacial score (nSPS) is 18.7. The summed E-state index contributed by atoms with van der Waals surface area (Å²) < 4.78 is 27.8. The lowest BCUT2D eigenvalue weighted by Crippen LogP contribution is -2.41. The van der Waals surface area contributed by atoms with Crippen LogP contribution in [0.15, 0.2) is 16.2 Å². The number of anilines is 1. The Kier molecular flexibility index (Phi) is 4.08. The molecule has 0 fully saturated rings. The Morgan fingerprint density at radius 2 is 2.16 bits per heavy atom. The van der Waals surface area contributed by atoms with Crippen LogP contribution in [0.3, 0.4) is 0 Å². The number of rotatable bonds is 5. The van der Waals surface area contributed by atoms with Crippen LogP contribution in [0.2, 0.25) is 0 Å². The molecule has 0 atom stereocenters. The molecule has 1 aliphatic rings. The van der Waals surface area contributed by atoms with Gasteiger partial charge in [-0.15, -0.1) is 0 Å². The molecule has 2 N–H and O–H groups in total. The number of guanidine groups is 1. The smallest absolute Gasteiger partial charge is 0.283 e. The van der Waals surface area contributed by atoms with Crippen LogP contribution in [0.5, 0.6) is 0 Å². The maximum absolute atomic E-state index is 12.0. The van der Waals surface area contributed by atoms with Gasteiger partial charge in [0.25, 0.3) is 10.0 Å². The molecule has 0 spiro atoms. The van der Waals surface area contributed by atoms with Crippen LogP contribution < -0.4 is 10.0 Å². The van der Waals surface area contributed by atoms with Crippen molar-refractivity contribution in [1.82, 2.24) is 14.5 Å². The standard InChI is InChI=1S/C11H19N5O2S/c1-3-4-5-6-7-12-11-14-9-8-13-16(2)10(9)19(17,18)15-11/h8H,3-7H2,1-2H3,(H2,12,14,15). The molecule has 8 heteroatoms. The van der Waals surface area contributed by atoms with E-state index in [-0.39, 0.29) is 11.0 Å². The zero-order valence-corrected chi connectivity index (χ0v) is 12.0. The number of aryl methyl sites for hydroxylation is 1. The molecule has 7 nitrogen and oxygen atoms in total. The predicted octanol–water partition coefficient (Wildman–Crippen LogP) is 1.06. The van der Waals surface area contributed by atoms with E-state index < -0.39 is 10.0 Å². The molecule has 0 aliphatic carbocycles. The van der Waals surface area contributed by atoms with Gasteiger partial charge in [0.15, 0.2) is 5.03 Å². The van der Waals surface area contributed by atoms with Gasteiger partial charge in [0.1, 0.15) is 5.69 Å². The molecule has 106 valence electrons. The van der Waals surface area contributed by atoms with Crippen LogP contribution >= 0.6 is 0 Å². The zero-order valence-electron chi connectivity index (χ0n) is 11.2. The van der Waals surface area contributed by atoms with E-state index in [1.54, 1.807) is 7.05 Å². The van der Waals surface area contributed by atoms with Crippen LogP contribution in [0.4, 0.5) is 5.69 Å². The van der Waals surface area contributed by atoms with Gasteiger partial charge in [-0.25, -0.2) is 4.72 Å². The van der Waals surface area contributed by atoms with E-state index >= 15 is 0 Å². The highest BCUT2D eigenvalue weighted by atomic mass is 32.2. The van der Waals surface area contributed by atoms with E-state index in [1.165, 1.54) is 23.7 Å². The second-order valence-corrected chi connectivity index (χ2v) is 6.11. The molecule has 0 radical (unpaired) electrons. The van der Waals surface area contributed by atoms with E-state index in [0.29, 0.717) is 12.2 Å². The summed E-state index contributed by atoms with van der Waals surface area (Å²) in [6.07, 6.45) is 5.90. The quantitative estimate of drug-likeness (QED) is 0.792. The number of nitrogens with one attached hydrogen (secondary N) is 2. The number of unbranched alkanes of at least 4 members (excludes halogenated alkanes) is 3. The Morgan fingerprint density at radius 3 is 2.89 bits per heavy atom. The second-order valence-electron chi connectivity index (χ2n) is 4.51. The Labute approximate surface area is 113 Å².